The van der Waals surface area contributed by atoms with Crippen LogP contribution in [-0.4, -0.2) is 49.1 Å². The van der Waals surface area contributed by atoms with E-state index in [2.05, 4.69) is 9.94 Å². The first-order valence-corrected chi connectivity index (χ1v) is 8.94. The molecule has 154 valence electrons. The predicted octanol–water partition coefficient (Wildman–Crippen LogP) is 2.69. The van der Waals surface area contributed by atoms with E-state index in [-0.39, 0.29) is 43.3 Å². The number of carbonyl (C=O) groups excluding carboxylic acids is 1. The summed E-state index contributed by atoms with van der Waals surface area (Å²) in [5, 5.41) is 15.4. The van der Waals surface area contributed by atoms with E-state index in [1.165, 1.54) is 5.01 Å². The van der Waals surface area contributed by atoms with Gasteiger partial charge in [-0.3, -0.25) is 4.79 Å². The van der Waals surface area contributed by atoms with Gasteiger partial charge in [-0.15, -0.1) is 22.5 Å². The van der Waals surface area contributed by atoms with Crippen LogP contribution in [-0.2, 0) is 9.63 Å². The lowest BCUT2D eigenvalue weighted by Gasteiger charge is -2.38. The van der Waals surface area contributed by atoms with Crippen molar-refractivity contribution in [2.45, 2.75) is 25.7 Å². The minimum Gasteiger partial charge on any atom is -0.493 e. The minimum absolute atomic E-state index is 0. The van der Waals surface area contributed by atoms with Crippen LogP contribution in [0.3, 0.4) is 0 Å². The maximum absolute atomic E-state index is 12.8. The maximum atomic E-state index is 12.8. The van der Waals surface area contributed by atoms with Gasteiger partial charge in [0.2, 0.25) is 5.91 Å². The molecule has 1 fully saturated rings. The Balaban J connectivity index is 0.00000280. The second kappa shape index (κ2) is 9.59. The number of halogens is 1. The topological polar surface area (TPSA) is 104 Å². The molecule has 0 radical (unpaired) electrons. The van der Waals surface area contributed by atoms with Gasteiger partial charge in [0, 0.05) is 17.4 Å². The zero-order valence-electron chi connectivity index (χ0n) is 15.8. The van der Waals surface area contributed by atoms with Gasteiger partial charge >= 0.3 is 0 Å². The quantitative estimate of drug-likeness (QED) is 0.502. The van der Waals surface area contributed by atoms with Crippen LogP contribution in [0.15, 0.2) is 23.3 Å². The van der Waals surface area contributed by atoms with Crippen LogP contribution in [0.5, 0.6) is 11.5 Å². The molecular formula is C18H24ClN3O6. The lowest BCUT2D eigenvalue weighted by Crippen LogP contribution is -2.47. The Morgan fingerprint density at radius 3 is 2.50 bits per heavy atom. The van der Waals surface area contributed by atoms with Gasteiger partial charge in [0.15, 0.2) is 11.5 Å². The fourth-order valence-corrected chi connectivity index (χ4v) is 3.83. The lowest BCUT2D eigenvalue weighted by atomic mass is 9.73. The second-order valence-electron chi connectivity index (χ2n) is 6.57. The zero-order chi connectivity index (χ0) is 19.4. The molecule has 1 aliphatic carbocycles. The molecule has 10 heteroatoms. The first-order chi connectivity index (χ1) is 13.0. The first kappa shape index (κ1) is 21.7. The van der Waals surface area contributed by atoms with Gasteiger partial charge in [-0.1, -0.05) is 12.8 Å². The van der Waals surface area contributed by atoms with Crippen LogP contribution >= 0.6 is 12.4 Å². The molecule has 0 unspecified atom stereocenters. The summed E-state index contributed by atoms with van der Waals surface area (Å²) in [6.45, 7) is -0.168. The summed E-state index contributed by atoms with van der Waals surface area (Å²) in [5.74, 6) is 0.998. The van der Waals surface area contributed by atoms with E-state index in [9.17, 15) is 14.9 Å². The Kier molecular flexibility index (Phi) is 7.45. The summed E-state index contributed by atoms with van der Waals surface area (Å²) in [7, 11) is 3.14. The van der Waals surface area contributed by atoms with Gasteiger partial charge in [0.25, 0.3) is 5.09 Å². The number of hydrogen-bond acceptors (Lipinski definition) is 7. The van der Waals surface area contributed by atoms with E-state index >= 15 is 0 Å². The SMILES string of the molecule is COc1ccc(C2=NN(CCO[N+](=O)[O-])C(=O)[C@H]3CCCC[C@@H]23)cc1OC.Cl. The minimum atomic E-state index is -0.864. The number of hydrazone groups is 1. The first-order valence-electron chi connectivity index (χ1n) is 8.94. The van der Waals surface area contributed by atoms with Gasteiger partial charge in [-0.05, 0) is 31.0 Å². The Bertz CT molecular complexity index is 757. The number of hydrogen-bond donors (Lipinski definition) is 0. The molecule has 1 aromatic carbocycles. The zero-order valence-corrected chi connectivity index (χ0v) is 16.6. The molecule has 3 rings (SSSR count). The van der Waals surface area contributed by atoms with Crippen molar-refractivity contribution < 1.29 is 24.2 Å². The Hall–Kier alpha value is -2.55. The standard InChI is InChI=1S/C18H23N3O6.ClH/c1-25-15-8-7-12(11-16(15)26-2)17-13-5-3-4-6-14(13)18(22)20(19-17)9-10-27-21(23)24;/h7-8,11,13-14H,3-6,9-10H2,1-2H3;1H/t13-,14+;/m1./s1. The molecule has 0 aromatic heterocycles. The number of nitrogens with zero attached hydrogens (tertiary/aromatic N) is 3. The van der Waals surface area contributed by atoms with E-state index in [1.54, 1.807) is 14.2 Å². The second-order valence-corrected chi connectivity index (χ2v) is 6.57. The van der Waals surface area contributed by atoms with E-state index < -0.39 is 5.09 Å². The molecule has 1 aromatic rings. The van der Waals surface area contributed by atoms with E-state index in [4.69, 9.17) is 9.47 Å². The predicted molar refractivity (Wildman–Crippen MR) is 103 cm³/mol. The van der Waals surface area contributed by atoms with Crippen molar-refractivity contribution in [3.63, 3.8) is 0 Å². The monoisotopic (exact) mass is 413 g/mol. The number of ether oxygens (including phenoxy) is 2. The van der Waals surface area contributed by atoms with Gasteiger partial charge < -0.3 is 14.3 Å². The third kappa shape index (κ3) is 4.46. The largest absolute Gasteiger partial charge is 0.493 e. The Morgan fingerprint density at radius 1 is 1.18 bits per heavy atom. The summed E-state index contributed by atoms with van der Waals surface area (Å²) in [5.41, 5.74) is 1.67. The van der Waals surface area contributed by atoms with Crippen LogP contribution in [0, 0.1) is 22.0 Å². The van der Waals surface area contributed by atoms with Crippen molar-refractivity contribution in [1.29, 1.82) is 0 Å². The van der Waals surface area contributed by atoms with Gasteiger partial charge in [-0.25, -0.2) is 5.01 Å². The van der Waals surface area contributed by atoms with Crippen molar-refractivity contribution in [3.8, 4) is 11.5 Å². The number of carbonyl (C=O) groups is 1. The van der Waals surface area contributed by atoms with Crippen molar-refractivity contribution >= 4 is 24.0 Å². The summed E-state index contributed by atoms with van der Waals surface area (Å²) < 4.78 is 10.7. The number of fused-ring (bicyclic) bond motifs is 1. The highest BCUT2D eigenvalue weighted by molar-refractivity contribution is 6.07. The van der Waals surface area contributed by atoms with Crippen molar-refractivity contribution in [2.24, 2.45) is 16.9 Å². The highest BCUT2D eigenvalue weighted by Crippen LogP contribution is 2.38. The molecule has 0 saturated heterocycles. The molecule has 1 amide bonds. The smallest absolute Gasteiger partial charge is 0.294 e. The van der Waals surface area contributed by atoms with Gasteiger partial charge in [0.05, 0.1) is 26.5 Å². The fraction of sp³-hybridized carbons (Fsp3) is 0.556. The summed E-state index contributed by atoms with van der Waals surface area (Å²) in [4.78, 5) is 27.5. The molecule has 2 atom stereocenters. The highest BCUT2D eigenvalue weighted by Gasteiger charge is 2.41. The number of rotatable bonds is 7. The molecular weight excluding hydrogens is 390 g/mol. The van der Waals surface area contributed by atoms with E-state index in [1.807, 2.05) is 18.2 Å². The Morgan fingerprint density at radius 2 is 1.86 bits per heavy atom. The Labute approximate surface area is 169 Å². The van der Waals surface area contributed by atoms with Crippen molar-refractivity contribution in [2.75, 3.05) is 27.4 Å². The molecule has 1 aliphatic heterocycles. The van der Waals surface area contributed by atoms with Crippen LogP contribution in [0.4, 0.5) is 0 Å². The molecule has 1 heterocycles. The average Bonchev–Trinajstić information content (AvgIpc) is 2.69. The number of methoxy groups -OCH3 is 2. The third-order valence-corrected chi connectivity index (χ3v) is 5.10. The summed E-state index contributed by atoms with van der Waals surface area (Å²) >= 11 is 0. The third-order valence-electron chi connectivity index (χ3n) is 5.10. The van der Waals surface area contributed by atoms with Gasteiger partial charge in [0.1, 0.15) is 6.61 Å². The average molecular weight is 414 g/mol. The van der Waals surface area contributed by atoms with Crippen LogP contribution in [0.2, 0.25) is 0 Å². The molecule has 1 saturated carbocycles. The fourth-order valence-electron chi connectivity index (χ4n) is 3.83. The lowest BCUT2D eigenvalue weighted by molar-refractivity contribution is -0.757. The molecule has 0 bridgehead atoms. The van der Waals surface area contributed by atoms with E-state index in [0.717, 1.165) is 37.0 Å². The van der Waals surface area contributed by atoms with Crippen molar-refractivity contribution in [3.05, 3.63) is 33.9 Å². The highest BCUT2D eigenvalue weighted by atomic mass is 35.5. The van der Waals surface area contributed by atoms with E-state index in [0.29, 0.717) is 11.5 Å². The molecule has 28 heavy (non-hydrogen) atoms. The number of benzene rings is 1. The van der Waals surface area contributed by atoms with Crippen LogP contribution in [0.1, 0.15) is 31.2 Å². The summed E-state index contributed by atoms with van der Waals surface area (Å²) in [6.07, 6.45) is 3.72. The molecule has 9 nitrogen and oxygen atoms in total. The molecule has 0 N–H and O–H groups in total. The van der Waals surface area contributed by atoms with Crippen molar-refractivity contribution in [1.82, 2.24) is 5.01 Å². The van der Waals surface area contributed by atoms with Crippen LogP contribution < -0.4 is 9.47 Å². The normalized spacial score (nSPS) is 21.1. The molecule has 0 spiro atoms. The van der Waals surface area contributed by atoms with Crippen LogP contribution in [0.25, 0.3) is 0 Å². The maximum Gasteiger partial charge on any atom is 0.294 e. The van der Waals surface area contributed by atoms with Gasteiger partial charge in [-0.2, -0.15) is 5.10 Å². The number of amides is 1. The summed E-state index contributed by atoms with van der Waals surface area (Å²) in [6, 6.07) is 5.56. The molecule has 2 aliphatic rings.